The third-order valence-corrected chi connectivity index (χ3v) is 2.44. The van der Waals surface area contributed by atoms with Gasteiger partial charge in [0.1, 0.15) is 0 Å². The largest absolute Gasteiger partial charge is 0.384 e. The van der Waals surface area contributed by atoms with Gasteiger partial charge >= 0.3 is 0 Å². The van der Waals surface area contributed by atoms with E-state index in [-0.39, 0.29) is 6.67 Å². The molecule has 0 radical (unpaired) electrons. The van der Waals surface area contributed by atoms with Crippen molar-refractivity contribution in [3.8, 4) is 0 Å². The first-order chi connectivity index (χ1) is 5.84. The van der Waals surface area contributed by atoms with Crippen molar-refractivity contribution in [2.45, 2.75) is 6.42 Å². The van der Waals surface area contributed by atoms with Crippen molar-refractivity contribution in [3.63, 3.8) is 0 Å². The van der Waals surface area contributed by atoms with Gasteiger partial charge in [-0.05, 0) is 41.1 Å². The van der Waals surface area contributed by atoms with Crippen molar-refractivity contribution in [3.05, 3.63) is 27.8 Å². The van der Waals surface area contributed by atoms with Crippen LogP contribution in [-0.2, 0) is 0 Å². The Hall–Kier alpha value is -0.320. The van der Waals surface area contributed by atoms with Crippen molar-refractivity contribution < 1.29 is 4.39 Å². The van der Waals surface area contributed by atoms with E-state index in [0.29, 0.717) is 13.0 Å². The Morgan fingerprint density at radius 3 is 2.75 bits per heavy atom. The summed E-state index contributed by atoms with van der Waals surface area (Å²) in [5, 5.41) is 3.17. The molecule has 0 heterocycles. The van der Waals surface area contributed by atoms with Crippen LogP contribution in [0.4, 0.5) is 10.1 Å². The zero-order valence-corrected chi connectivity index (χ0v) is 8.84. The summed E-state index contributed by atoms with van der Waals surface area (Å²) in [6, 6.07) is 7.99. The molecule has 1 aromatic rings. The molecule has 1 nitrogen and oxygen atoms in total. The number of para-hydroxylation sites is 1. The molecule has 0 aromatic heterocycles. The molecule has 0 saturated heterocycles. The molecule has 1 N–H and O–H groups in total. The van der Waals surface area contributed by atoms with Crippen LogP contribution >= 0.6 is 22.6 Å². The zero-order valence-electron chi connectivity index (χ0n) is 6.69. The summed E-state index contributed by atoms with van der Waals surface area (Å²) in [5.41, 5.74) is 1.09. The molecule has 66 valence electrons. The molecule has 0 saturated carbocycles. The second-order valence-corrected chi connectivity index (χ2v) is 3.61. The van der Waals surface area contributed by atoms with E-state index in [2.05, 4.69) is 27.9 Å². The Bertz CT molecular complexity index is 240. The number of halogens is 2. The summed E-state index contributed by atoms with van der Waals surface area (Å²) >= 11 is 2.26. The van der Waals surface area contributed by atoms with Crippen LogP contribution < -0.4 is 5.32 Å². The van der Waals surface area contributed by atoms with Crippen LogP contribution in [0.3, 0.4) is 0 Å². The van der Waals surface area contributed by atoms with Crippen molar-refractivity contribution in [2.24, 2.45) is 0 Å². The van der Waals surface area contributed by atoms with Crippen molar-refractivity contribution >= 4 is 28.3 Å². The number of hydrogen-bond acceptors (Lipinski definition) is 1. The molecule has 0 fully saturated rings. The second-order valence-electron chi connectivity index (χ2n) is 2.45. The topological polar surface area (TPSA) is 12.0 Å². The van der Waals surface area contributed by atoms with Crippen LogP contribution in [0, 0.1) is 3.57 Å². The van der Waals surface area contributed by atoms with Gasteiger partial charge in [-0.15, -0.1) is 0 Å². The highest BCUT2D eigenvalue weighted by Crippen LogP contribution is 2.16. The van der Waals surface area contributed by atoms with Crippen LogP contribution in [0.1, 0.15) is 6.42 Å². The van der Waals surface area contributed by atoms with E-state index in [1.165, 1.54) is 3.57 Å². The quantitative estimate of drug-likeness (QED) is 0.659. The van der Waals surface area contributed by atoms with Gasteiger partial charge in [0.25, 0.3) is 0 Å². The maximum Gasteiger partial charge on any atom is 0.0911 e. The van der Waals surface area contributed by atoms with E-state index in [1.807, 2.05) is 24.3 Å². The predicted octanol–water partition coefficient (Wildman–Crippen LogP) is 3.06. The normalized spacial score (nSPS) is 9.83. The van der Waals surface area contributed by atoms with Gasteiger partial charge in [-0.25, -0.2) is 0 Å². The molecule has 0 unspecified atom stereocenters. The number of nitrogens with one attached hydrogen (secondary N) is 1. The monoisotopic (exact) mass is 279 g/mol. The van der Waals surface area contributed by atoms with E-state index < -0.39 is 0 Å². The highest BCUT2D eigenvalue weighted by atomic mass is 127. The summed E-state index contributed by atoms with van der Waals surface area (Å²) < 4.78 is 12.9. The van der Waals surface area contributed by atoms with E-state index in [1.54, 1.807) is 0 Å². The molecule has 0 amide bonds. The van der Waals surface area contributed by atoms with Gasteiger partial charge in [0.15, 0.2) is 0 Å². The van der Waals surface area contributed by atoms with Crippen LogP contribution in [0.5, 0.6) is 0 Å². The Morgan fingerprint density at radius 2 is 2.08 bits per heavy atom. The Labute approximate surface area is 85.5 Å². The third kappa shape index (κ3) is 2.97. The summed E-state index contributed by atoms with van der Waals surface area (Å²) in [5.74, 6) is 0. The van der Waals surface area contributed by atoms with Crippen molar-refractivity contribution in [2.75, 3.05) is 18.5 Å². The summed E-state index contributed by atoms with van der Waals surface area (Å²) in [7, 11) is 0. The lowest BCUT2D eigenvalue weighted by Gasteiger charge is -2.06. The van der Waals surface area contributed by atoms with Gasteiger partial charge in [0.2, 0.25) is 0 Å². The van der Waals surface area contributed by atoms with Gasteiger partial charge in [-0.2, -0.15) is 0 Å². The lowest BCUT2D eigenvalue weighted by atomic mass is 10.3. The van der Waals surface area contributed by atoms with Crippen LogP contribution in [0.2, 0.25) is 0 Å². The summed E-state index contributed by atoms with van der Waals surface area (Å²) in [6.45, 7) is 0.451. The minimum absolute atomic E-state index is 0.254. The van der Waals surface area contributed by atoms with Gasteiger partial charge in [-0.3, -0.25) is 4.39 Å². The van der Waals surface area contributed by atoms with Gasteiger partial charge < -0.3 is 5.32 Å². The van der Waals surface area contributed by atoms with Gasteiger partial charge in [-0.1, -0.05) is 12.1 Å². The fourth-order valence-electron chi connectivity index (χ4n) is 0.894. The van der Waals surface area contributed by atoms with Gasteiger partial charge in [0, 0.05) is 15.8 Å². The average Bonchev–Trinajstić information content (AvgIpc) is 2.09. The maximum absolute atomic E-state index is 11.8. The van der Waals surface area contributed by atoms with Crippen molar-refractivity contribution in [1.82, 2.24) is 0 Å². The summed E-state index contributed by atoms with van der Waals surface area (Å²) in [4.78, 5) is 0. The third-order valence-electron chi connectivity index (χ3n) is 1.50. The van der Waals surface area contributed by atoms with Gasteiger partial charge in [0.05, 0.1) is 6.67 Å². The summed E-state index contributed by atoms with van der Waals surface area (Å²) in [6.07, 6.45) is 0.574. The molecular weight excluding hydrogens is 268 g/mol. The molecule has 0 aliphatic rings. The Balaban J connectivity index is 2.46. The molecule has 0 bridgehead atoms. The predicted molar refractivity (Wildman–Crippen MR) is 58.2 cm³/mol. The SMILES string of the molecule is FCCCNc1ccccc1I. The van der Waals surface area contributed by atoms with Crippen molar-refractivity contribution in [1.29, 1.82) is 0 Å². The first kappa shape index (κ1) is 9.77. The molecule has 0 spiro atoms. The fraction of sp³-hybridized carbons (Fsp3) is 0.333. The number of anilines is 1. The lowest BCUT2D eigenvalue weighted by Crippen LogP contribution is -2.03. The molecule has 1 rings (SSSR count). The van der Waals surface area contributed by atoms with E-state index >= 15 is 0 Å². The fourth-order valence-corrected chi connectivity index (χ4v) is 1.47. The van der Waals surface area contributed by atoms with Crippen LogP contribution in [0.15, 0.2) is 24.3 Å². The molecule has 3 heteroatoms. The molecular formula is C9H11FIN. The lowest BCUT2D eigenvalue weighted by molar-refractivity contribution is 0.481. The van der Waals surface area contributed by atoms with E-state index in [0.717, 1.165) is 5.69 Å². The molecule has 12 heavy (non-hydrogen) atoms. The number of benzene rings is 1. The first-order valence-corrected chi connectivity index (χ1v) is 4.97. The highest BCUT2D eigenvalue weighted by Gasteiger charge is 1.95. The standard InChI is InChI=1S/C9H11FIN/c10-6-3-7-12-9-5-2-1-4-8(9)11/h1-2,4-5,12H,3,6-7H2. The number of rotatable bonds is 4. The Morgan fingerprint density at radius 1 is 1.33 bits per heavy atom. The molecule has 0 atom stereocenters. The minimum Gasteiger partial charge on any atom is -0.384 e. The Kier molecular flexibility index (Phi) is 4.35. The highest BCUT2D eigenvalue weighted by molar-refractivity contribution is 14.1. The van der Waals surface area contributed by atoms with Crippen LogP contribution in [-0.4, -0.2) is 13.2 Å². The maximum atomic E-state index is 11.8. The zero-order chi connectivity index (χ0) is 8.81. The second kappa shape index (κ2) is 5.35. The van der Waals surface area contributed by atoms with Crippen LogP contribution in [0.25, 0.3) is 0 Å². The number of alkyl halides is 1. The molecule has 0 aliphatic heterocycles. The first-order valence-electron chi connectivity index (χ1n) is 3.89. The van der Waals surface area contributed by atoms with E-state index in [4.69, 9.17) is 0 Å². The average molecular weight is 279 g/mol. The molecule has 0 aliphatic carbocycles. The van der Waals surface area contributed by atoms with E-state index in [9.17, 15) is 4.39 Å². The smallest absolute Gasteiger partial charge is 0.0911 e. The molecule has 1 aromatic carbocycles. The number of hydrogen-bond donors (Lipinski definition) is 1. The minimum atomic E-state index is -0.254.